The third-order valence-corrected chi connectivity index (χ3v) is 1.35. The molecular formula is C6H7N3S. The summed E-state index contributed by atoms with van der Waals surface area (Å²) in [6, 6.07) is 0.0660. The molecule has 0 saturated carbocycles. The Morgan fingerprint density at radius 2 is 2.70 bits per heavy atom. The molecule has 1 atom stereocenters. The molecule has 1 N–H and O–H groups in total. The number of nitrogens with zero attached hydrogens (tertiary/aromatic N) is 2. The number of thiocarbonyl (C=S) groups is 1. The minimum atomic E-state index is 0.0660. The lowest BCUT2D eigenvalue weighted by Crippen LogP contribution is -1.83. The second kappa shape index (κ2) is 3.25. The molecule has 0 radical (unpaired) electrons. The van der Waals surface area contributed by atoms with Crippen LogP contribution < -0.4 is 0 Å². The number of hydrogen-bond donors (Lipinski definition) is 1. The predicted molar refractivity (Wildman–Crippen MR) is 42.0 cm³/mol. The highest BCUT2D eigenvalue weighted by atomic mass is 32.1. The van der Waals surface area contributed by atoms with E-state index in [0.717, 1.165) is 5.56 Å². The number of nitrogens with one attached hydrogen (secondary N) is 1. The van der Waals surface area contributed by atoms with E-state index < -0.39 is 0 Å². The van der Waals surface area contributed by atoms with Gasteiger partial charge in [-0.1, -0.05) is 0 Å². The van der Waals surface area contributed by atoms with Gasteiger partial charge in [-0.25, -0.2) is 4.99 Å². The van der Waals surface area contributed by atoms with E-state index in [1.54, 1.807) is 12.4 Å². The lowest BCUT2D eigenvalue weighted by molar-refractivity contribution is 0.829. The normalized spacial score (nSPS) is 12.1. The fraction of sp³-hybridized carbons (Fsp3) is 0.333. The van der Waals surface area contributed by atoms with Crippen LogP contribution in [0.1, 0.15) is 18.5 Å². The average molecular weight is 153 g/mol. The Labute approximate surface area is 64.2 Å². The van der Waals surface area contributed by atoms with Gasteiger partial charge in [0.05, 0.1) is 17.4 Å². The molecule has 1 unspecified atom stereocenters. The number of rotatable bonds is 2. The molecule has 0 saturated heterocycles. The average Bonchev–Trinajstić information content (AvgIpc) is 2.38. The maximum Gasteiger partial charge on any atom is 0.0854 e. The maximum atomic E-state index is 4.45. The summed E-state index contributed by atoms with van der Waals surface area (Å²) in [6.07, 6.45) is 3.52. The molecule has 1 heterocycles. The van der Waals surface area contributed by atoms with Crippen molar-refractivity contribution >= 4 is 17.4 Å². The fourth-order valence-corrected chi connectivity index (χ4v) is 0.801. The molecule has 3 nitrogen and oxygen atoms in total. The highest BCUT2D eigenvalue weighted by molar-refractivity contribution is 7.78. The minimum Gasteiger partial charge on any atom is -0.285 e. The monoisotopic (exact) mass is 153 g/mol. The van der Waals surface area contributed by atoms with Crippen LogP contribution in [-0.2, 0) is 0 Å². The van der Waals surface area contributed by atoms with Gasteiger partial charge in [0.2, 0.25) is 0 Å². The fourth-order valence-electron chi connectivity index (χ4n) is 0.643. The van der Waals surface area contributed by atoms with Crippen LogP contribution in [0.5, 0.6) is 0 Å². The van der Waals surface area contributed by atoms with Crippen LogP contribution in [0, 0.1) is 0 Å². The zero-order valence-corrected chi connectivity index (χ0v) is 6.35. The number of aromatic amines is 1. The first kappa shape index (κ1) is 7.12. The van der Waals surface area contributed by atoms with Crippen molar-refractivity contribution in [3.05, 3.63) is 18.0 Å². The number of aliphatic imine (C=N–C) groups is 1. The molecule has 0 spiro atoms. The van der Waals surface area contributed by atoms with E-state index in [1.807, 2.05) is 6.92 Å². The van der Waals surface area contributed by atoms with Crippen molar-refractivity contribution in [1.29, 1.82) is 0 Å². The Hall–Kier alpha value is -0.990. The third kappa shape index (κ3) is 1.50. The van der Waals surface area contributed by atoms with Crippen LogP contribution in [0.15, 0.2) is 17.4 Å². The number of aromatic nitrogens is 2. The van der Waals surface area contributed by atoms with Gasteiger partial charge < -0.3 is 0 Å². The van der Waals surface area contributed by atoms with Crippen molar-refractivity contribution in [3.8, 4) is 0 Å². The molecule has 0 aliphatic rings. The molecular weight excluding hydrogens is 146 g/mol. The molecule has 0 bridgehead atoms. The molecule has 10 heavy (non-hydrogen) atoms. The lowest BCUT2D eigenvalue weighted by atomic mass is 10.2. The van der Waals surface area contributed by atoms with Gasteiger partial charge in [-0.05, 0) is 19.1 Å². The molecule has 0 aliphatic heterocycles. The van der Waals surface area contributed by atoms with Gasteiger partial charge >= 0.3 is 0 Å². The van der Waals surface area contributed by atoms with E-state index in [1.165, 1.54) is 0 Å². The Kier molecular flexibility index (Phi) is 2.31. The number of H-pyrrole nitrogens is 1. The van der Waals surface area contributed by atoms with E-state index in [0.29, 0.717) is 0 Å². The highest BCUT2D eigenvalue weighted by Crippen LogP contribution is 2.12. The Bertz CT molecular complexity index is 236. The first-order valence-corrected chi connectivity index (χ1v) is 3.31. The van der Waals surface area contributed by atoms with Gasteiger partial charge in [0.15, 0.2) is 0 Å². The van der Waals surface area contributed by atoms with Crippen LogP contribution >= 0.6 is 12.2 Å². The van der Waals surface area contributed by atoms with Crippen LogP contribution in [-0.4, -0.2) is 15.4 Å². The topological polar surface area (TPSA) is 41.0 Å². The van der Waals surface area contributed by atoms with Crippen molar-refractivity contribution in [2.24, 2.45) is 4.99 Å². The van der Waals surface area contributed by atoms with E-state index in [-0.39, 0.29) is 6.04 Å². The van der Waals surface area contributed by atoms with Gasteiger partial charge in [-0.2, -0.15) is 5.10 Å². The van der Waals surface area contributed by atoms with E-state index >= 15 is 0 Å². The van der Waals surface area contributed by atoms with Gasteiger partial charge in [0, 0.05) is 11.8 Å². The first-order chi connectivity index (χ1) is 4.84. The predicted octanol–water partition coefficient (Wildman–Crippen LogP) is 1.57. The second-order valence-corrected chi connectivity index (χ2v) is 2.11. The maximum absolute atomic E-state index is 4.45. The summed E-state index contributed by atoms with van der Waals surface area (Å²) in [5.41, 5.74) is 1.03. The summed E-state index contributed by atoms with van der Waals surface area (Å²) >= 11 is 4.45. The summed E-state index contributed by atoms with van der Waals surface area (Å²) < 4.78 is 0. The molecule has 0 aromatic carbocycles. The zero-order valence-electron chi connectivity index (χ0n) is 5.53. The van der Waals surface area contributed by atoms with Crippen molar-refractivity contribution in [2.75, 3.05) is 0 Å². The molecule has 1 aromatic rings. The molecule has 1 rings (SSSR count). The van der Waals surface area contributed by atoms with Crippen LogP contribution in [0.4, 0.5) is 0 Å². The smallest absolute Gasteiger partial charge is 0.0854 e. The molecule has 0 fully saturated rings. The lowest BCUT2D eigenvalue weighted by Gasteiger charge is -1.96. The summed E-state index contributed by atoms with van der Waals surface area (Å²) in [7, 11) is 0. The van der Waals surface area contributed by atoms with Gasteiger partial charge in [0.1, 0.15) is 0 Å². The summed E-state index contributed by atoms with van der Waals surface area (Å²) in [5.74, 6) is 0. The van der Waals surface area contributed by atoms with E-state index in [4.69, 9.17) is 0 Å². The molecule has 4 heteroatoms. The number of isothiocyanates is 1. The van der Waals surface area contributed by atoms with Crippen molar-refractivity contribution in [2.45, 2.75) is 13.0 Å². The van der Waals surface area contributed by atoms with Crippen molar-refractivity contribution < 1.29 is 0 Å². The Morgan fingerprint density at radius 3 is 3.20 bits per heavy atom. The summed E-state index contributed by atoms with van der Waals surface area (Å²) in [5, 5.41) is 8.80. The van der Waals surface area contributed by atoms with Crippen molar-refractivity contribution in [3.63, 3.8) is 0 Å². The largest absolute Gasteiger partial charge is 0.285 e. The Morgan fingerprint density at radius 1 is 1.90 bits per heavy atom. The van der Waals surface area contributed by atoms with Gasteiger partial charge in [0.25, 0.3) is 0 Å². The molecule has 0 amide bonds. The standard InChI is InChI=1S/C6H7N3S/c1-5(7-4-10)6-2-8-9-3-6/h2-3,5H,1H3,(H,8,9). The zero-order chi connectivity index (χ0) is 7.40. The summed E-state index contributed by atoms with van der Waals surface area (Å²) in [4.78, 5) is 3.87. The second-order valence-electron chi connectivity index (χ2n) is 1.93. The molecule has 1 aromatic heterocycles. The first-order valence-electron chi connectivity index (χ1n) is 2.90. The highest BCUT2D eigenvalue weighted by Gasteiger charge is 2.01. The van der Waals surface area contributed by atoms with Crippen LogP contribution in [0.2, 0.25) is 0 Å². The molecule has 0 aliphatic carbocycles. The number of hydrogen-bond acceptors (Lipinski definition) is 3. The quantitative estimate of drug-likeness (QED) is 0.517. The van der Waals surface area contributed by atoms with Gasteiger partial charge in [-0.3, -0.25) is 5.10 Å². The molecule has 52 valence electrons. The SMILES string of the molecule is CC(N=C=S)c1cn[nH]c1. The Balaban J connectivity index is 2.76. The van der Waals surface area contributed by atoms with Crippen LogP contribution in [0.3, 0.4) is 0 Å². The van der Waals surface area contributed by atoms with Crippen molar-refractivity contribution in [1.82, 2.24) is 10.2 Å². The third-order valence-electron chi connectivity index (χ3n) is 1.25. The van der Waals surface area contributed by atoms with Crippen LogP contribution in [0.25, 0.3) is 0 Å². The minimum absolute atomic E-state index is 0.0660. The van der Waals surface area contributed by atoms with E-state index in [9.17, 15) is 0 Å². The van der Waals surface area contributed by atoms with E-state index in [2.05, 4.69) is 32.6 Å². The summed E-state index contributed by atoms with van der Waals surface area (Å²) in [6.45, 7) is 1.93. The van der Waals surface area contributed by atoms with Gasteiger partial charge in [-0.15, -0.1) is 0 Å².